The molecule has 6 nitrogen and oxygen atoms in total. The second kappa shape index (κ2) is 7.72. The number of hydrogen-bond acceptors (Lipinski definition) is 4. The van der Waals surface area contributed by atoms with Gasteiger partial charge in [0, 0.05) is 19.1 Å². The summed E-state index contributed by atoms with van der Waals surface area (Å²) in [6, 6.07) is 5.64. The van der Waals surface area contributed by atoms with Crippen LogP contribution in [-0.2, 0) is 4.74 Å². The van der Waals surface area contributed by atoms with Crippen molar-refractivity contribution in [2.75, 3.05) is 19.7 Å². The van der Waals surface area contributed by atoms with Crippen LogP contribution in [0.25, 0.3) is 0 Å². The van der Waals surface area contributed by atoms with Crippen molar-refractivity contribution in [3.8, 4) is 0 Å². The summed E-state index contributed by atoms with van der Waals surface area (Å²) in [4.78, 5) is 32.8. The number of likely N-dealkylation sites (tertiary alicyclic amines) is 1. The molecule has 3 heterocycles. The Balaban J connectivity index is 1.63. The van der Waals surface area contributed by atoms with E-state index in [0.717, 1.165) is 19.3 Å². The molecule has 2 atom stereocenters. The predicted octanol–water partition coefficient (Wildman–Crippen LogP) is 3.32. The van der Waals surface area contributed by atoms with E-state index in [2.05, 4.69) is 34.8 Å². The van der Waals surface area contributed by atoms with Gasteiger partial charge < -0.3 is 9.64 Å². The van der Waals surface area contributed by atoms with Gasteiger partial charge >= 0.3 is 6.09 Å². The van der Waals surface area contributed by atoms with Crippen LogP contribution in [0.4, 0.5) is 4.79 Å². The molecule has 3 rings (SSSR count). The highest BCUT2D eigenvalue weighted by Gasteiger charge is 2.41. The SMILES string of the molecule is CCC(C)C1COC(=O)N1C1CCN(C(=O)c2cccc(Br)n2)CC1. The van der Waals surface area contributed by atoms with E-state index < -0.39 is 0 Å². The van der Waals surface area contributed by atoms with E-state index in [0.29, 0.717) is 35.9 Å². The minimum Gasteiger partial charge on any atom is -0.447 e. The maximum Gasteiger partial charge on any atom is 0.410 e. The molecule has 1 aromatic heterocycles. The zero-order chi connectivity index (χ0) is 18.0. The average Bonchev–Trinajstić information content (AvgIpc) is 3.02. The lowest BCUT2D eigenvalue weighted by Crippen LogP contribution is -2.51. The van der Waals surface area contributed by atoms with Crippen molar-refractivity contribution < 1.29 is 14.3 Å². The number of ether oxygens (including phenoxy) is 1. The number of carbonyl (C=O) groups excluding carboxylic acids is 2. The monoisotopic (exact) mass is 409 g/mol. The molecule has 0 N–H and O–H groups in total. The van der Waals surface area contributed by atoms with Gasteiger partial charge in [0.25, 0.3) is 5.91 Å². The van der Waals surface area contributed by atoms with Gasteiger partial charge in [0.2, 0.25) is 0 Å². The number of amides is 2. The van der Waals surface area contributed by atoms with Crippen molar-refractivity contribution >= 4 is 27.9 Å². The van der Waals surface area contributed by atoms with Crippen molar-refractivity contribution in [3.63, 3.8) is 0 Å². The first-order valence-electron chi connectivity index (χ1n) is 8.88. The maximum atomic E-state index is 12.6. The molecule has 0 spiro atoms. The van der Waals surface area contributed by atoms with E-state index in [1.807, 2.05) is 15.9 Å². The van der Waals surface area contributed by atoms with Crippen LogP contribution in [-0.4, -0.2) is 58.6 Å². The molecule has 0 radical (unpaired) electrons. The second-order valence-corrected chi connectivity index (χ2v) is 7.62. The molecule has 0 aromatic carbocycles. The van der Waals surface area contributed by atoms with Crippen LogP contribution in [0.5, 0.6) is 0 Å². The van der Waals surface area contributed by atoms with Crippen LogP contribution < -0.4 is 0 Å². The van der Waals surface area contributed by atoms with E-state index in [-0.39, 0.29) is 24.1 Å². The van der Waals surface area contributed by atoms with Gasteiger partial charge in [-0.2, -0.15) is 0 Å². The highest BCUT2D eigenvalue weighted by molar-refractivity contribution is 9.10. The lowest BCUT2D eigenvalue weighted by molar-refractivity contribution is 0.0609. The van der Waals surface area contributed by atoms with Crippen LogP contribution in [0.3, 0.4) is 0 Å². The lowest BCUT2D eigenvalue weighted by atomic mass is 9.95. The molecule has 2 amide bonds. The van der Waals surface area contributed by atoms with Crippen LogP contribution in [0.15, 0.2) is 22.8 Å². The topological polar surface area (TPSA) is 62.7 Å². The van der Waals surface area contributed by atoms with Crippen molar-refractivity contribution in [3.05, 3.63) is 28.5 Å². The fourth-order valence-corrected chi connectivity index (χ4v) is 3.96. The zero-order valence-corrected chi connectivity index (χ0v) is 16.2. The smallest absolute Gasteiger partial charge is 0.410 e. The molecule has 136 valence electrons. The van der Waals surface area contributed by atoms with Crippen LogP contribution in [0.2, 0.25) is 0 Å². The van der Waals surface area contributed by atoms with Gasteiger partial charge in [-0.15, -0.1) is 0 Å². The Labute approximate surface area is 156 Å². The molecule has 2 aliphatic rings. The fraction of sp³-hybridized carbons (Fsp3) is 0.611. The molecule has 7 heteroatoms. The van der Waals surface area contributed by atoms with E-state index in [9.17, 15) is 9.59 Å². The molecular weight excluding hydrogens is 386 g/mol. The average molecular weight is 410 g/mol. The van der Waals surface area contributed by atoms with Gasteiger partial charge in [0.05, 0.1) is 6.04 Å². The summed E-state index contributed by atoms with van der Waals surface area (Å²) >= 11 is 3.30. The first-order valence-corrected chi connectivity index (χ1v) is 9.67. The Morgan fingerprint density at radius 2 is 2.12 bits per heavy atom. The Morgan fingerprint density at radius 3 is 2.76 bits per heavy atom. The quantitative estimate of drug-likeness (QED) is 0.715. The molecule has 2 aliphatic heterocycles. The predicted molar refractivity (Wildman–Crippen MR) is 97.3 cm³/mol. The first kappa shape index (κ1) is 18.2. The molecule has 1 aromatic rings. The van der Waals surface area contributed by atoms with Crippen molar-refractivity contribution in [1.29, 1.82) is 0 Å². The molecule has 0 aliphatic carbocycles. The Morgan fingerprint density at radius 1 is 1.40 bits per heavy atom. The standard InChI is InChI=1S/C18H24BrN3O3/c1-3-12(2)15-11-25-18(24)22(15)13-7-9-21(10-8-13)17(23)14-5-4-6-16(19)20-14/h4-6,12-13,15H,3,7-11H2,1-2H3. The summed E-state index contributed by atoms with van der Waals surface area (Å²) < 4.78 is 5.96. The summed E-state index contributed by atoms with van der Waals surface area (Å²) in [5.41, 5.74) is 0.450. The lowest BCUT2D eigenvalue weighted by Gasteiger charge is -2.39. The minimum atomic E-state index is -0.205. The second-order valence-electron chi connectivity index (χ2n) is 6.81. The molecule has 2 saturated heterocycles. The number of aromatic nitrogens is 1. The highest BCUT2D eigenvalue weighted by atomic mass is 79.9. The zero-order valence-electron chi connectivity index (χ0n) is 14.7. The Kier molecular flexibility index (Phi) is 5.61. The Hall–Kier alpha value is -1.63. The van der Waals surface area contributed by atoms with Crippen LogP contribution in [0.1, 0.15) is 43.6 Å². The number of nitrogens with zero attached hydrogens (tertiary/aromatic N) is 3. The number of cyclic esters (lactones) is 1. The summed E-state index contributed by atoms with van der Waals surface area (Å²) in [5.74, 6) is 0.360. The third-order valence-corrected chi connectivity index (χ3v) is 5.77. The van der Waals surface area contributed by atoms with Crippen molar-refractivity contribution in [1.82, 2.24) is 14.8 Å². The molecule has 0 saturated carbocycles. The number of carbonyl (C=O) groups is 2. The molecule has 25 heavy (non-hydrogen) atoms. The van der Waals surface area contributed by atoms with E-state index in [4.69, 9.17) is 4.74 Å². The van der Waals surface area contributed by atoms with Gasteiger partial charge in [-0.1, -0.05) is 26.3 Å². The number of piperidine rings is 1. The van der Waals surface area contributed by atoms with Gasteiger partial charge in [0.1, 0.15) is 16.9 Å². The first-order chi connectivity index (χ1) is 12.0. The third kappa shape index (κ3) is 3.81. The summed E-state index contributed by atoms with van der Waals surface area (Å²) in [6.45, 7) is 6.05. The van der Waals surface area contributed by atoms with E-state index >= 15 is 0 Å². The number of pyridine rings is 1. The number of halogens is 1. The molecule has 2 unspecified atom stereocenters. The number of hydrogen-bond donors (Lipinski definition) is 0. The Bertz CT molecular complexity index is 646. The van der Waals surface area contributed by atoms with E-state index in [1.54, 1.807) is 12.1 Å². The summed E-state index contributed by atoms with van der Waals surface area (Å²) in [5, 5.41) is 0. The largest absolute Gasteiger partial charge is 0.447 e. The van der Waals surface area contributed by atoms with Gasteiger partial charge in [-0.3, -0.25) is 9.69 Å². The maximum absolute atomic E-state index is 12.6. The normalized spacial score (nSPS) is 22.8. The summed E-state index contributed by atoms with van der Waals surface area (Å²) in [6.07, 6.45) is 2.37. The fourth-order valence-electron chi connectivity index (χ4n) is 3.61. The molecule has 2 fully saturated rings. The van der Waals surface area contributed by atoms with E-state index in [1.165, 1.54) is 0 Å². The molecular formula is C18H24BrN3O3. The number of rotatable bonds is 4. The van der Waals surface area contributed by atoms with Gasteiger partial charge in [-0.25, -0.2) is 9.78 Å². The minimum absolute atomic E-state index is 0.0535. The van der Waals surface area contributed by atoms with Gasteiger partial charge in [0.15, 0.2) is 0 Å². The van der Waals surface area contributed by atoms with Gasteiger partial charge in [-0.05, 0) is 46.8 Å². The highest BCUT2D eigenvalue weighted by Crippen LogP contribution is 2.29. The summed E-state index contributed by atoms with van der Waals surface area (Å²) in [7, 11) is 0. The molecule has 0 bridgehead atoms. The van der Waals surface area contributed by atoms with Crippen molar-refractivity contribution in [2.24, 2.45) is 5.92 Å². The third-order valence-electron chi connectivity index (χ3n) is 5.33. The van der Waals surface area contributed by atoms with Crippen LogP contribution >= 0.6 is 15.9 Å². The van der Waals surface area contributed by atoms with Crippen LogP contribution in [0, 0.1) is 5.92 Å². The van der Waals surface area contributed by atoms with Crippen molar-refractivity contribution in [2.45, 2.75) is 45.2 Å².